The third-order valence-electron chi connectivity index (χ3n) is 5.05. The maximum atomic E-state index is 13.9. The van der Waals surface area contributed by atoms with Crippen LogP contribution in [0.4, 0.5) is 10.3 Å². The number of nitrogens with zero attached hydrogens (tertiary/aromatic N) is 4. The minimum absolute atomic E-state index is 0.0947. The van der Waals surface area contributed by atoms with Gasteiger partial charge >= 0.3 is 0 Å². The van der Waals surface area contributed by atoms with Gasteiger partial charge in [-0.25, -0.2) is 9.37 Å². The van der Waals surface area contributed by atoms with E-state index in [1.807, 2.05) is 35.2 Å². The van der Waals surface area contributed by atoms with Gasteiger partial charge in [0.1, 0.15) is 6.17 Å². The average molecular weight is 408 g/mol. The van der Waals surface area contributed by atoms with E-state index >= 15 is 0 Å². The van der Waals surface area contributed by atoms with Gasteiger partial charge in [0, 0.05) is 24.3 Å². The number of nitrogens with two attached hydrogens (primary N) is 1. The smallest absolute Gasteiger partial charge is 0.207 e. The molecule has 5 nitrogen and oxygen atoms in total. The van der Waals surface area contributed by atoms with Crippen molar-refractivity contribution in [2.75, 3.05) is 18.0 Å². The van der Waals surface area contributed by atoms with Crippen molar-refractivity contribution in [3.8, 4) is 0 Å². The second kappa shape index (κ2) is 7.26. The van der Waals surface area contributed by atoms with Crippen LogP contribution in [0.25, 0.3) is 11.0 Å². The number of rotatable bonds is 3. The van der Waals surface area contributed by atoms with E-state index < -0.39 is 12.2 Å². The summed E-state index contributed by atoms with van der Waals surface area (Å²) >= 11 is 12.1. The van der Waals surface area contributed by atoms with Gasteiger partial charge in [0.15, 0.2) is 0 Å². The van der Waals surface area contributed by atoms with Gasteiger partial charge in [-0.05, 0) is 43.7 Å². The van der Waals surface area contributed by atoms with Crippen molar-refractivity contribution in [3.05, 3.63) is 52.3 Å². The first-order valence-electron chi connectivity index (χ1n) is 8.87. The van der Waals surface area contributed by atoms with Gasteiger partial charge in [-0.3, -0.25) is 4.98 Å². The number of hydrogen-bond donors (Lipinski definition) is 1. The summed E-state index contributed by atoms with van der Waals surface area (Å²) in [4.78, 5) is 11.3. The number of benzene rings is 1. The molecule has 1 aliphatic heterocycles. The number of fused-ring (bicyclic) bond motifs is 1. The first kappa shape index (κ1) is 18.5. The fraction of sp³-hybridized carbons (Fsp3) is 0.368. The summed E-state index contributed by atoms with van der Waals surface area (Å²) in [7, 11) is 0. The Morgan fingerprint density at radius 1 is 1.22 bits per heavy atom. The quantitative estimate of drug-likeness (QED) is 0.705. The van der Waals surface area contributed by atoms with Crippen LogP contribution >= 0.6 is 23.2 Å². The Hall–Kier alpha value is -1.89. The highest BCUT2D eigenvalue weighted by atomic mass is 35.5. The van der Waals surface area contributed by atoms with Crippen LogP contribution in [-0.2, 0) is 0 Å². The summed E-state index contributed by atoms with van der Waals surface area (Å²) in [5.41, 5.74) is 8.56. The highest BCUT2D eigenvalue weighted by molar-refractivity contribution is 6.31. The van der Waals surface area contributed by atoms with Gasteiger partial charge in [-0.2, -0.15) is 0 Å². The lowest BCUT2D eigenvalue weighted by Crippen LogP contribution is -2.50. The number of aromatic nitrogens is 3. The molecule has 0 spiro atoms. The number of imidazole rings is 1. The fourth-order valence-corrected chi connectivity index (χ4v) is 3.84. The van der Waals surface area contributed by atoms with Gasteiger partial charge in [0.25, 0.3) is 0 Å². The van der Waals surface area contributed by atoms with Crippen molar-refractivity contribution in [1.82, 2.24) is 14.5 Å². The van der Waals surface area contributed by atoms with Crippen LogP contribution < -0.4 is 10.6 Å². The third-order valence-corrected chi connectivity index (χ3v) is 5.51. The Morgan fingerprint density at radius 2 is 2.00 bits per heavy atom. The van der Waals surface area contributed by atoms with Crippen LogP contribution in [-0.4, -0.2) is 39.8 Å². The highest BCUT2D eigenvalue weighted by Gasteiger charge is 2.30. The van der Waals surface area contributed by atoms with Crippen molar-refractivity contribution in [1.29, 1.82) is 0 Å². The third kappa shape index (κ3) is 3.49. The topological polar surface area (TPSA) is 60.0 Å². The van der Waals surface area contributed by atoms with E-state index in [0.717, 1.165) is 22.7 Å². The van der Waals surface area contributed by atoms with Crippen LogP contribution in [0.2, 0.25) is 10.0 Å². The highest BCUT2D eigenvalue weighted by Crippen LogP contribution is 2.32. The second-order valence-corrected chi connectivity index (χ2v) is 7.78. The normalized spacial score (nSPS) is 21.6. The van der Waals surface area contributed by atoms with Crippen molar-refractivity contribution in [2.24, 2.45) is 5.73 Å². The van der Waals surface area contributed by atoms with Crippen LogP contribution in [0.15, 0.2) is 36.5 Å². The maximum Gasteiger partial charge on any atom is 0.207 e. The molecule has 1 saturated heterocycles. The molecule has 0 saturated carbocycles. The summed E-state index contributed by atoms with van der Waals surface area (Å²) in [5, 5.41) is 1.21. The molecule has 3 atom stereocenters. The Balaban J connectivity index is 1.83. The zero-order chi connectivity index (χ0) is 19.1. The lowest BCUT2D eigenvalue weighted by molar-refractivity contribution is 0.243. The SMILES string of the molecule is CC(c1ccc(Cl)cn1)n1c(N2CCC(F)C(N)C2)nc2cc(Cl)ccc21. The first-order chi connectivity index (χ1) is 12.9. The molecule has 1 fully saturated rings. The first-order valence-corrected chi connectivity index (χ1v) is 9.63. The van der Waals surface area contributed by atoms with E-state index in [0.29, 0.717) is 29.6 Å². The summed E-state index contributed by atoms with van der Waals surface area (Å²) in [6.45, 7) is 3.03. The molecule has 1 aromatic carbocycles. The van der Waals surface area contributed by atoms with Crippen LogP contribution in [0, 0.1) is 0 Å². The number of anilines is 1. The van der Waals surface area contributed by atoms with E-state index in [2.05, 4.69) is 16.5 Å². The van der Waals surface area contributed by atoms with E-state index in [-0.39, 0.29) is 6.04 Å². The minimum atomic E-state index is -0.983. The fourth-order valence-electron chi connectivity index (χ4n) is 3.57. The Labute approximate surface area is 166 Å². The lowest BCUT2D eigenvalue weighted by Gasteiger charge is -2.34. The second-order valence-electron chi connectivity index (χ2n) is 6.91. The Morgan fingerprint density at radius 3 is 2.70 bits per heavy atom. The monoisotopic (exact) mass is 407 g/mol. The molecule has 2 N–H and O–H groups in total. The van der Waals surface area contributed by atoms with Crippen LogP contribution in [0.5, 0.6) is 0 Å². The van der Waals surface area contributed by atoms with Gasteiger partial charge in [0.2, 0.25) is 5.95 Å². The molecule has 4 rings (SSSR count). The largest absolute Gasteiger partial charge is 0.340 e. The Bertz CT molecular complexity index is 959. The predicted octanol–water partition coefficient (Wildman–Crippen LogP) is 4.22. The molecule has 3 heterocycles. The predicted molar refractivity (Wildman–Crippen MR) is 108 cm³/mol. The number of halogens is 3. The summed E-state index contributed by atoms with van der Waals surface area (Å²) < 4.78 is 16.0. The number of hydrogen-bond acceptors (Lipinski definition) is 4. The van der Waals surface area contributed by atoms with E-state index in [1.54, 1.807) is 6.20 Å². The number of alkyl halides is 1. The van der Waals surface area contributed by atoms with Gasteiger partial charge in [0.05, 0.1) is 33.8 Å². The van der Waals surface area contributed by atoms with Gasteiger partial charge < -0.3 is 15.2 Å². The molecule has 8 heteroatoms. The van der Waals surface area contributed by atoms with Crippen molar-refractivity contribution >= 4 is 40.2 Å². The summed E-state index contributed by atoms with van der Waals surface area (Å²) in [6, 6.07) is 8.72. The van der Waals surface area contributed by atoms with Crippen LogP contribution in [0.3, 0.4) is 0 Å². The average Bonchev–Trinajstić information content (AvgIpc) is 3.02. The molecule has 0 amide bonds. The van der Waals surface area contributed by atoms with Gasteiger partial charge in [-0.1, -0.05) is 23.2 Å². The molecule has 3 aromatic rings. The molecule has 2 aromatic heterocycles. The molecule has 0 bridgehead atoms. The van der Waals surface area contributed by atoms with Gasteiger partial charge in [-0.15, -0.1) is 0 Å². The molecular weight excluding hydrogens is 388 g/mol. The van der Waals surface area contributed by atoms with Crippen molar-refractivity contribution in [3.63, 3.8) is 0 Å². The standard InChI is InChI=1S/C19H20Cl2FN5/c1-11(16-4-2-13(21)9-24-16)27-18-5-3-12(20)8-17(18)25-19(27)26-7-6-14(22)15(23)10-26/h2-5,8-9,11,14-15H,6-7,10,23H2,1H3. The Kier molecular flexibility index (Phi) is 4.97. The molecule has 3 unspecified atom stereocenters. The van der Waals surface area contributed by atoms with E-state index in [4.69, 9.17) is 33.9 Å². The molecule has 1 aliphatic rings. The van der Waals surface area contributed by atoms with E-state index in [1.165, 1.54) is 0 Å². The van der Waals surface area contributed by atoms with E-state index in [9.17, 15) is 4.39 Å². The van der Waals surface area contributed by atoms with Crippen molar-refractivity contribution in [2.45, 2.75) is 31.6 Å². The summed E-state index contributed by atoms with van der Waals surface area (Å²) in [6.07, 6.45) is 1.04. The zero-order valence-electron chi connectivity index (χ0n) is 14.8. The molecule has 0 aliphatic carbocycles. The molecule has 0 radical (unpaired) electrons. The number of piperidine rings is 1. The van der Waals surface area contributed by atoms with Crippen LogP contribution in [0.1, 0.15) is 25.1 Å². The lowest BCUT2D eigenvalue weighted by atomic mass is 10.1. The summed E-state index contributed by atoms with van der Waals surface area (Å²) in [5.74, 6) is 0.749. The molecule has 142 valence electrons. The maximum absolute atomic E-state index is 13.9. The number of pyridine rings is 1. The van der Waals surface area contributed by atoms with Crippen molar-refractivity contribution < 1.29 is 4.39 Å². The molecule has 27 heavy (non-hydrogen) atoms. The molecular formula is C19H20Cl2FN5. The zero-order valence-corrected chi connectivity index (χ0v) is 16.3. The minimum Gasteiger partial charge on any atom is -0.340 e.